The summed E-state index contributed by atoms with van der Waals surface area (Å²) in [5, 5.41) is 0. The fraction of sp³-hybridized carbons (Fsp3) is 0.188. The Bertz CT molecular complexity index is 885. The zero-order chi connectivity index (χ0) is 14.6. The van der Waals surface area contributed by atoms with E-state index < -0.39 is 11.6 Å². The predicted octanol–water partition coefficient (Wildman–Crippen LogP) is 4.32. The van der Waals surface area contributed by atoms with E-state index >= 15 is 0 Å². The first kappa shape index (κ1) is 12.7. The number of H-pyrrole nitrogens is 1. The maximum absolute atomic E-state index is 14.2. The number of nitrogens with one attached hydrogen (secondary N) is 1. The number of aromatic nitrogens is 2. The van der Waals surface area contributed by atoms with Crippen molar-refractivity contribution >= 4 is 23.3 Å². The van der Waals surface area contributed by atoms with Crippen LogP contribution < -0.4 is 0 Å². The van der Waals surface area contributed by atoms with Gasteiger partial charge in [0.2, 0.25) is 0 Å². The molecule has 4 rings (SSSR count). The minimum atomic E-state index is -0.847. The molecular weight excluding hydrogens is 290 g/mol. The van der Waals surface area contributed by atoms with Crippen molar-refractivity contribution in [3.8, 4) is 0 Å². The van der Waals surface area contributed by atoms with Gasteiger partial charge in [-0.3, -0.25) is 0 Å². The monoisotopic (exact) mass is 302 g/mol. The van der Waals surface area contributed by atoms with E-state index in [2.05, 4.69) is 17.1 Å². The van der Waals surface area contributed by atoms with Gasteiger partial charge in [-0.05, 0) is 48.3 Å². The third kappa shape index (κ3) is 1.84. The lowest BCUT2D eigenvalue weighted by atomic mass is 10.1. The molecule has 2 nitrogen and oxygen atoms in total. The molecule has 0 fully saturated rings. The summed E-state index contributed by atoms with van der Waals surface area (Å²) in [6.07, 6.45) is 1.57. The summed E-state index contributed by atoms with van der Waals surface area (Å²) in [5.41, 5.74) is 3.26. The van der Waals surface area contributed by atoms with E-state index in [0.717, 1.165) is 18.9 Å². The molecule has 21 heavy (non-hydrogen) atoms. The van der Waals surface area contributed by atoms with Crippen molar-refractivity contribution in [2.75, 3.05) is 0 Å². The van der Waals surface area contributed by atoms with Gasteiger partial charge in [0, 0.05) is 6.04 Å². The number of nitrogens with zero attached hydrogens (tertiary/aromatic N) is 1. The van der Waals surface area contributed by atoms with Gasteiger partial charge in [0.1, 0.15) is 5.52 Å². The van der Waals surface area contributed by atoms with Crippen LogP contribution in [-0.2, 0) is 12.8 Å². The number of hydrogen-bond acceptors (Lipinski definition) is 1. The maximum atomic E-state index is 14.2. The Hall–Kier alpha value is -2.01. The predicted molar refractivity (Wildman–Crippen MR) is 79.9 cm³/mol. The van der Waals surface area contributed by atoms with Gasteiger partial charge in [-0.15, -0.1) is 0 Å². The summed E-state index contributed by atoms with van der Waals surface area (Å²) in [6, 6.07) is 10.8. The van der Waals surface area contributed by atoms with E-state index in [-0.39, 0.29) is 11.6 Å². The Morgan fingerprint density at radius 1 is 1.05 bits per heavy atom. The van der Waals surface area contributed by atoms with Crippen molar-refractivity contribution in [2.24, 2.45) is 0 Å². The fourth-order valence-electron chi connectivity index (χ4n) is 3.22. The lowest BCUT2D eigenvalue weighted by molar-refractivity contribution is 0.494. The highest BCUT2D eigenvalue weighted by Gasteiger charge is 2.26. The van der Waals surface area contributed by atoms with Gasteiger partial charge in [0.25, 0.3) is 0 Å². The number of aromatic amines is 1. The number of fused-ring (bicyclic) bond motifs is 2. The van der Waals surface area contributed by atoms with Gasteiger partial charge in [-0.1, -0.05) is 24.3 Å². The number of rotatable bonds is 1. The second-order valence-electron chi connectivity index (χ2n) is 5.39. The van der Waals surface area contributed by atoms with E-state index in [1.54, 1.807) is 4.57 Å². The summed E-state index contributed by atoms with van der Waals surface area (Å²) in [4.78, 5) is 2.97. The zero-order valence-corrected chi connectivity index (χ0v) is 11.9. The van der Waals surface area contributed by atoms with Crippen LogP contribution in [0.5, 0.6) is 0 Å². The summed E-state index contributed by atoms with van der Waals surface area (Å²) < 4.78 is 29.9. The van der Waals surface area contributed by atoms with Crippen LogP contribution in [-0.4, -0.2) is 9.55 Å². The summed E-state index contributed by atoms with van der Waals surface area (Å²) >= 11 is 5.32. The molecule has 1 N–H and O–H groups in total. The van der Waals surface area contributed by atoms with Crippen LogP contribution >= 0.6 is 12.2 Å². The van der Waals surface area contributed by atoms with Crippen LogP contribution in [0.2, 0.25) is 0 Å². The summed E-state index contributed by atoms with van der Waals surface area (Å²) in [7, 11) is 0. The van der Waals surface area contributed by atoms with Gasteiger partial charge in [0.05, 0.1) is 5.52 Å². The Morgan fingerprint density at radius 2 is 1.71 bits per heavy atom. The zero-order valence-electron chi connectivity index (χ0n) is 11.1. The van der Waals surface area contributed by atoms with E-state index in [0.29, 0.717) is 10.3 Å². The third-order valence-corrected chi connectivity index (χ3v) is 4.46. The SMILES string of the molecule is Fc1ccc2[nH]c(=S)n(C3Cc4ccccc4C3)c2c1F. The van der Waals surface area contributed by atoms with Crippen LogP contribution in [0.1, 0.15) is 17.2 Å². The second-order valence-corrected chi connectivity index (χ2v) is 5.78. The Kier molecular flexibility index (Phi) is 2.72. The third-order valence-electron chi connectivity index (χ3n) is 4.16. The highest BCUT2D eigenvalue weighted by atomic mass is 32.1. The fourth-order valence-corrected chi connectivity index (χ4v) is 3.57. The van der Waals surface area contributed by atoms with Gasteiger partial charge in [0.15, 0.2) is 16.4 Å². The highest BCUT2D eigenvalue weighted by Crippen LogP contribution is 2.33. The smallest absolute Gasteiger partial charge is 0.184 e. The molecule has 1 aliphatic rings. The van der Waals surface area contributed by atoms with Crippen LogP contribution in [0.3, 0.4) is 0 Å². The summed E-state index contributed by atoms with van der Waals surface area (Å²) in [5.74, 6) is -1.68. The molecule has 106 valence electrons. The number of halogens is 2. The largest absolute Gasteiger partial charge is 0.330 e. The number of hydrogen-bond donors (Lipinski definition) is 1. The number of benzene rings is 2. The number of imidazole rings is 1. The first-order valence-corrected chi connectivity index (χ1v) is 7.21. The molecule has 0 saturated carbocycles. The second kappa shape index (κ2) is 4.49. The lowest BCUT2D eigenvalue weighted by Gasteiger charge is -2.13. The molecule has 0 aliphatic heterocycles. The molecule has 1 aliphatic carbocycles. The van der Waals surface area contributed by atoms with Gasteiger partial charge < -0.3 is 9.55 Å². The lowest BCUT2D eigenvalue weighted by Crippen LogP contribution is -2.10. The van der Waals surface area contributed by atoms with E-state index in [1.807, 2.05) is 12.1 Å². The summed E-state index contributed by atoms with van der Waals surface area (Å²) in [6.45, 7) is 0. The van der Waals surface area contributed by atoms with Crippen molar-refractivity contribution < 1.29 is 8.78 Å². The molecule has 1 heterocycles. The molecule has 0 radical (unpaired) electrons. The highest BCUT2D eigenvalue weighted by molar-refractivity contribution is 7.71. The Labute approximate surface area is 125 Å². The van der Waals surface area contributed by atoms with Crippen molar-refractivity contribution in [3.05, 3.63) is 63.9 Å². The first-order chi connectivity index (χ1) is 10.1. The molecule has 1 aromatic heterocycles. The molecule has 0 atom stereocenters. The molecule has 5 heteroatoms. The topological polar surface area (TPSA) is 20.7 Å². The van der Waals surface area contributed by atoms with Gasteiger partial charge in [-0.2, -0.15) is 0 Å². The molecule has 0 bridgehead atoms. The van der Waals surface area contributed by atoms with Crippen LogP contribution in [0, 0.1) is 16.4 Å². The molecule has 0 amide bonds. The Morgan fingerprint density at radius 3 is 2.38 bits per heavy atom. The normalized spacial score (nSPS) is 14.8. The van der Waals surface area contributed by atoms with Crippen LogP contribution in [0.15, 0.2) is 36.4 Å². The average molecular weight is 302 g/mol. The molecule has 0 unspecified atom stereocenters. The van der Waals surface area contributed by atoms with E-state index in [1.165, 1.54) is 17.2 Å². The van der Waals surface area contributed by atoms with Crippen molar-refractivity contribution in [1.82, 2.24) is 9.55 Å². The average Bonchev–Trinajstić information content (AvgIpc) is 3.03. The first-order valence-electron chi connectivity index (χ1n) is 6.80. The molecule has 3 aromatic rings. The molecule has 0 spiro atoms. The minimum absolute atomic E-state index is 0.0277. The van der Waals surface area contributed by atoms with Crippen LogP contribution in [0.25, 0.3) is 11.0 Å². The standard InChI is InChI=1S/C16H12F2N2S/c17-12-5-6-13-15(14(12)18)20(16(21)19-13)11-7-9-3-1-2-4-10(9)8-11/h1-6,11H,7-8H2,(H,19,21). The van der Waals surface area contributed by atoms with Crippen molar-refractivity contribution in [1.29, 1.82) is 0 Å². The van der Waals surface area contributed by atoms with Gasteiger partial charge >= 0.3 is 0 Å². The maximum Gasteiger partial charge on any atom is 0.184 e. The van der Waals surface area contributed by atoms with Crippen molar-refractivity contribution in [3.63, 3.8) is 0 Å². The molecular formula is C16H12F2N2S. The van der Waals surface area contributed by atoms with E-state index in [4.69, 9.17) is 12.2 Å². The van der Waals surface area contributed by atoms with Gasteiger partial charge in [-0.25, -0.2) is 8.78 Å². The molecule has 2 aromatic carbocycles. The van der Waals surface area contributed by atoms with E-state index in [9.17, 15) is 8.78 Å². The molecule has 0 saturated heterocycles. The minimum Gasteiger partial charge on any atom is -0.330 e. The Balaban J connectivity index is 1.91. The quantitative estimate of drug-likeness (QED) is 0.664. The van der Waals surface area contributed by atoms with Crippen LogP contribution in [0.4, 0.5) is 8.78 Å². The van der Waals surface area contributed by atoms with Crippen molar-refractivity contribution in [2.45, 2.75) is 18.9 Å².